The monoisotopic (exact) mass is 381 g/mol. The van der Waals surface area contributed by atoms with Gasteiger partial charge in [0.1, 0.15) is 11.5 Å². The van der Waals surface area contributed by atoms with E-state index >= 15 is 0 Å². The molecule has 0 aliphatic rings. The van der Waals surface area contributed by atoms with Crippen LogP contribution in [-0.4, -0.2) is 16.8 Å². The zero-order valence-corrected chi connectivity index (χ0v) is 13.3. The van der Waals surface area contributed by atoms with Crippen LogP contribution in [0.15, 0.2) is 40.2 Å². The third kappa shape index (κ3) is 3.02. The summed E-state index contributed by atoms with van der Waals surface area (Å²) in [5.41, 5.74) is 5.50. The molecule has 0 aliphatic heterocycles. The maximum absolute atomic E-state index is 13.1. The highest BCUT2D eigenvalue weighted by molar-refractivity contribution is 9.11. The van der Waals surface area contributed by atoms with Gasteiger partial charge in [-0.1, -0.05) is 0 Å². The molecule has 0 radical (unpaired) electrons. The van der Waals surface area contributed by atoms with Gasteiger partial charge in [0.05, 0.1) is 8.66 Å². The molecule has 8 heteroatoms. The first-order valence-corrected chi connectivity index (χ1v) is 7.78. The number of benzene rings is 1. The number of carbonyl (C=O) groups excluding carboxylic acids is 2. The van der Waals surface area contributed by atoms with E-state index in [9.17, 15) is 14.0 Å². The van der Waals surface area contributed by atoms with Crippen molar-refractivity contribution in [2.24, 2.45) is 0 Å². The normalized spacial score (nSPS) is 10.6. The summed E-state index contributed by atoms with van der Waals surface area (Å²) in [5, 5.41) is 0.582. The summed E-state index contributed by atoms with van der Waals surface area (Å²) in [4.78, 5) is 27.1. The quantitative estimate of drug-likeness (QED) is 0.596. The molecule has 0 fully saturated rings. The Labute approximate surface area is 136 Å². The van der Waals surface area contributed by atoms with Gasteiger partial charge in [-0.25, -0.2) is 4.39 Å². The molecule has 22 heavy (non-hydrogen) atoms. The van der Waals surface area contributed by atoms with E-state index in [4.69, 9.17) is 0 Å². The van der Waals surface area contributed by atoms with Crippen molar-refractivity contribution in [1.82, 2.24) is 15.8 Å². The number of hydrogen-bond acceptors (Lipinski definition) is 3. The minimum atomic E-state index is -0.513. The molecule has 3 aromatic rings. The second-order valence-corrected chi connectivity index (χ2v) is 6.89. The number of hydrogen-bond donors (Lipinski definition) is 3. The van der Waals surface area contributed by atoms with Crippen molar-refractivity contribution >= 4 is 50.0 Å². The average molecular weight is 382 g/mol. The number of hydrazine groups is 1. The van der Waals surface area contributed by atoms with Crippen LogP contribution in [0.4, 0.5) is 4.39 Å². The summed E-state index contributed by atoms with van der Waals surface area (Å²) in [6.07, 6.45) is 0. The van der Waals surface area contributed by atoms with Gasteiger partial charge in [-0.05, 0) is 52.3 Å². The van der Waals surface area contributed by atoms with Crippen LogP contribution < -0.4 is 10.9 Å². The highest BCUT2D eigenvalue weighted by Gasteiger charge is 2.13. The fourth-order valence-electron chi connectivity index (χ4n) is 1.90. The first-order chi connectivity index (χ1) is 10.5. The van der Waals surface area contributed by atoms with E-state index in [-0.39, 0.29) is 11.5 Å². The molecule has 0 saturated carbocycles. The van der Waals surface area contributed by atoms with Crippen LogP contribution in [0.5, 0.6) is 0 Å². The molecule has 1 aromatic carbocycles. The van der Waals surface area contributed by atoms with E-state index in [1.807, 2.05) is 0 Å². The van der Waals surface area contributed by atoms with Gasteiger partial charge in [-0.3, -0.25) is 20.4 Å². The van der Waals surface area contributed by atoms with Crippen molar-refractivity contribution in [1.29, 1.82) is 0 Å². The van der Waals surface area contributed by atoms with Gasteiger partial charge in [-0.15, -0.1) is 11.3 Å². The Morgan fingerprint density at radius 1 is 1.09 bits per heavy atom. The van der Waals surface area contributed by atoms with E-state index in [2.05, 4.69) is 31.8 Å². The first-order valence-electron chi connectivity index (χ1n) is 6.17. The molecule has 2 heterocycles. The molecule has 0 atom stereocenters. The Bertz CT molecular complexity index is 874. The van der Waals surface area contributed by atoms with Crippen molar-refractivity contribution in [2.75, 3.05) is 0 Å². The molecule has 0 unspecified atom stereocenters. The molecular formula is C14H9BrFN3O2S. The lowest BCUT2D eigenvalue weighted by Crippen LogP contribution is -2.41. The number of thiophene rings is 1. The fourth-order valence-corrected chi connectivity index (χ4v) is 3.19. The Kier molecular flexibility index (Phi) is 3.95. The number of halogens is 2. The lowest BCUT2D eigenvalue weighted by molar-refractivity contribution is 0.0846. The van der Waals surface area contributed by atoms with Crippen LogP contribution in [-0.2, 0) is 0 Å². The lowest BCUT2D eigenvalue weighted by Gasteiger charge is -2.04. The average Bonchev–Trinajstić information content (AvgIpc) is 3.10. The number of H-pyrrole nitrogens is 1. The predicted octanol–water partition coefficient (Wildman–Crippen LogP) is 3.21. The zero-order valence-electron chi connectivity index (χ0n) is 10.9. The summed E-state index contributed by atoms with van der Waals surface area (Å²) < 4.78 is 13.9. The number of rotatable bonds is 2. The van der Waals surface area contributed by atoms with Gasteiger partial charge in [-0.2, -0.15) is 0 Å². The van der Waals surface area contributed by atoms with Crippen LogP contribution >= 0.6 is 27.3 Å². The standard InChI is InChI=1S/C14H9BrFN3O2S/c15-12-4-3-11(22-12)14(21)19-18-13(20)10-6-7-5-8(16)1-2-9(7)17-10/h1-6,17H,(H,18,20)(H,19,21). The van der Waals surface area contributed by atoms with Crippen molar-refractivity contribution in [3.05, 3.63) is 56.6 Å². The van der Waals surface area contributed by atoms with Gasteiger partial charge in [0.15, 0.2) is 0 Å². The van der Waals surface area contributed by atoms with Gasteiger partial charge < -0.3 is 4.98 Å². The molecule has 2 amide bonds. The van der Waals surface area contributed by atoms with E-state index < -0.39 is 11.8 Å². The third-order valence-corrected chi connectivity index (χ3v) is 4.54. The van der Waals surface area contributed by atoms with E-state index in [0.29, 0.717) is 15.8 Å². The molecule has 0 spiro atoms. The first kappa shape index (κ1) is 14.7. The minimum Gasteiger partial charge on any atom is -0.350 e. The SMILES string of the molecule is O=C(NNC(=O)c1ccc(Br)s1)c1cc2cc(F)ccc2[nH]1. The third-order valence-electron chi connectivity index (χ3n) is 2.91. The Hall–Kier alpha value is -2.19. The Morgan fingerprint density at radius 2 is 1.86 bits per heavy atom. The molecule has 3 N–H and O–H groups in total. The molecular weight excluding hydrogens is 373 g/mol. The number of fused-ring (bicyclic) bond motifs is 1. The van der Waals surface area contributed by atoms with Crippen molar-refractivity contribution in [2.45, 2.75) is 0 Å². The molecule has 5 nitrogen and oxygen atoms in total. The molecule has 2 aromatic heterocycles. The van der Waals surface area contributed by atoms with Crippen molar-refractivity contribution < 1.29 is 14.0 Å². The highest BCUT2D eigenvalue weighted by Crippen LogP contribution is 2.21. The fraction of sp³-hybridized carbons (Fsp3) is 0. The Morgan fingerprint density at radius 3 is 2.59 bits per heavy atom. The maximum Gasteiger partial charge on any atom is 0.286 e. The van der Waals surface area contributed by atoms with Gasteiger partial charge in [0.2, 0.25) is 0 Å². The van der Waals surface area contributed by atoms with E-state index in [1.54, 1.807) is 18.2 Å². The summed E-state index contributed by atoms with van der Waals surface area (Å²) >= 11 is 4.51. The maximum atomic E-state index is 13.1. The summed E-state index contributed by atoms with van der Waals surface area (Å²) in [6, 6.07) is 9.07. The second kappa shape index (κ2) is 5.90. The highest BCUT2D eigenvalue weighted by atomic mass is 79.9. The van der Waals surface area contributed by atoms with Crippen molar-refractivity contribution in [3.63, 3.8) is 0 Å². The van der Waals surface area contributed by atoms with Crippen LogP contribution in [0.25, 0.3) is 10.9 Å². The van der Waals surface area contributed by atoms with Crippen LogP contribution in [0.2, 0.25) is 0 Å². The molecule has 3 rings (SSSR count). The van der Waals surface area contributed by atoms with Gasteiger partial charge in [0.25, 0.3) is 11.8 Å². The zero-order chi connectivity index (χ0) is 15.7. The van der Waals surface area contributed by atoms with Gasteiger partial charge in [0, 0.05) is 10.9 Å². The number of aromatic nitrogens is 1. The van der Waals surface area contributed by atoms with Crippen molar-refractivity contribution in [3.8, 4) is 0 Å². The lowest BCUT2D eigenvalue weighted by atomic mass is 10.2. The predicted molar refractivity (Wildman–Crippen MR) is 85.2 cm³/mol. The minimum absolute atomic E-state index is 0.230. The number of aromatic amines is 1. The van der Waals surface area contributed by atoms with E-state index in [0.717, 1.165) is 3.79 Å². The smallest absolute Gasteiger partial charge is 0.286 e. The molecule has 0 saturated heterocycles. The molecule has 0 aliphatic carbocycles. The van der Waals surface area contributed by atoms with Crippen LogP contribution in [0.1, 0.15) is 20.2 Å². The van der Waals surface area contributed by atoms with Gasteiger partial charge >= 0.3 is 0 Å². The topological polar surface area (TPSA) is 74.0 Å². The number of nitrogens with one attached hydrogen (secondary N) is 3. The number of carbonyl (C=O) groups is 2. The van der Waals surface area contributed by atoms with Crippen LogP contribution in [0.3, 0.4) is 0 Å². The summed E-state index contributed by atoms with van der Waals surface area (Å²) in [5.74, 6) is -1.30. The number of amides is 2. The summed E-state index contributed by atoms with van der Waals surface area (Å²) in [6.45, 7) is 0. The molecule has 112 valence electrons. The van der Waals surface area contributed by atoms with E-state index in [1.165, 1.54) is 29.5 Å². The Balaban J connectivity index is 1.69. The molecule has 0 bridgehead atoms. The largest absolute Gasteiger partial charge is 0.350 e. The summed E-state index contributed by atoms with van der Waals surface area (Å²) in [7, 11) is 0. The van der Waals surface area contributed by atoms with Crippen LogP contribution in [0, 0.1) is 5.82 Å². The second-order valence-electron chi connectivity index (χ2n) is 4.43.